The molecule has 220 valence electrons. The maximum absolute atomic E-state index is 11.7. The largest absolute Gasteiger partial charge is 0.462 e. The molecule has 0 spiro atoms. The van der Waals surface area contributed by atoms with E-state index in [2.05, 4.69) is 49.9 Å². The Morgan fingerprint density at radius 2 is 1.55 bits per heavy atom. The third-order valence-corrected chi connectivity index (χ3v) is 10.1. The van der Waals surface area contributed by atoms with Crippen molar-refractivity contribution in [3.63, 3.8) is 0 Å². The second-order valence-electron chi connectivity index (χ2n) is 13.1. The molecular formula is C37H54O3. The van der Waals surface area contributed by atoms with E-state index in [0.717, 1.165) is 30.6 Å². The van der Waals surface area contributed by atoms with Crippen LogP contribution in [0.15, 0.2) is 48.6 Å². The Morgan fingerprint density at radius 1 is 0.900 bits per heavy atom. The van der Waals surface area contributed by atoms with Crippen molar-refractivity contribution < 1.29 is 14.6 Å². The summed E-state index contributed by atoms with van der Waals surface area (Å²) in [5.74, 6) is 2.62. The van der Waals surface area contributed by atoms with Gasteiger partial charge in [-0.1, -0.05) is 94.8 Å². The highest BCUT2D eigenvalue weighted by atomic mass is 16.5. The number of rotatable bonds is 14. The number of carbonyl (C=O) groups excluding carboxylic acids is 1. The molecule has 1 unspecified atom stereocenters. The van der Waals surface area contributed by atoms with Gasteiger partial charge in [0.2, 0.25) is 0 Å². The smallest absolute Gasteiger partial charge is 0.333 e. The third kappa shape index (κ3) is 8.93. The van der Waals surface area contributed by atoms with Crippen LogP contribution in [0.5, 0.6) is 0 Å². The molecule has 2 aliphatic carbocycles. The van der Waals surface area contributed by atoms with Crippen molar-refractivity contribution in [2.24, 2.45) is 23.7 Å². The molecule has 2 saturated carbocycles. The summed E-state index contributed by atoms with van der Waals surface area (Å²) in [5, 5.41) is 12.7. The molecule has 2 fully saturated rings. The molecule has 2 aromatic rings. The predicted octanol–water partition coefficient (Wildman–Crippen LogP) is 9.55. The summed E-state index contributed by atoms with van der Waals surface area (Å²) in [6, 6.07) is 14.4. The van der Waals surface area contributed by atoms with Gasteiger partial charge in [0.15, 0.2) is 0 Å². The van der Waals surface area contributed by atoms with Crippen LogP contribution < -0.4 is 0 Å². The standard InChI is InChI=1S/C37H54O3/c1-4-5-6-7-8-30-15-20-35-24-34(22-21-33(35)23-30)31-16-11-28(12-17-31)9-10-29-13-18-32(19-14-29)36(25-38)26-40-37(39)27(2)3/h15,20-24,28-29,31-32,36,38H,2,4-14,16-19,25-26H2,1,3H3. The maximum Gasteiger partial charge on any atom is 0.333 e. The van der Waals surface area contributed by atoms with Gasteiger partial charge in [-0.3, -0.25) is 0 Å². The molecule has 0 bridgehead atoms. The number of hydrogen-bond acceptors (Lipinski definition) is 3. The van der Waals surface area contributed by atoms with E-state index < -0.39 is 0 Å². The molecule has 3 heteroatoms. The number of unbranched alkanes of at least 4 members (excludes halogenated alkanes) is 3. The number of carbonyl (C=O) groups is 1. The zero-order valence-corrected chi connectivity index (χ0v) is 25.3. The average molecular weight is 547 g/mol. The molecule has 0 saturated heterocycles. The lowest BCUT2D eigenvalue weighted by molar-refractivity contribution is -0.141. The number of fused-ring (bicyclic) bond motifs is 1. The van der Waals surface area contributed by atoms with Crippen molar-refractivity contribution in [2.75, 3.05) is 13.2 Å². The van der Waals surface area contributed by atoms with E-state index in [9.17, 15) is 9.90 Å². The van der Waals surface area contributed by atoms with E-state index in [1.165, 1.54) is 99.8 Å². The highest BCUT2D eigenvalue weighted by Gasteiger charge is 2.29. The predicted molar refractivity (Wildman–Crippen MR) is 168 cm³/mol. The van der Waals surface area contributed by atoms with Crippen molar-refractivity contribution in [1.82, 2.24) is 0 Å². The molecule has 0 aromatic heterocycles. The number of aliphatic hydroxyl groups is 1. The summed E-state index contributed by atoms with van der Waals surface area (Å²) in [7, 11) is 0. The monoisotopic (exact) mass is 546 g/mol. The summed E-state index contributed by atoms with van der Waals surface area (Å²) in [4.78, 5) is 11.7. The molecule has 0 amide bonds. The first kappa shape index (κ1) is 30.8. The van der Waals surface area contributed by atoms with Gasteiger partial charge in [-0.05, 0) is 104 Å². The fraction of sp³-hybridized carbons (Fsp3) is 0.649. The van der Waals surface area contributed by atoms with Gasteiger partial charge in [0.25, 0.3) is 0 Å². The molecule has 1 N–H and O–H groups in total. The fourth-order valence-electron chi connectivity index (χ4n) is 7.33. The van der Waals surface area contributed by atoms with Crippen LogP contribution in [0.25, 0.3) is 10.8 Å². The molecule has 0 aliphatic heterocycles. The van der Waals surface area contributed by atoms with E-state index in [4.69, 9.17) is 4.74 Å². The topological polar surface area (TPSA) is 46.5 Å². The summed E-state index contributed by atoms with van der Waals surface area (Å²) >= 11 is 0. The number of ether oxygens (including phenoxy) is 1. The quantitative estimate of drug-likeness (QED) is 0.146. The van der Waals surface area contributed by atoms with Gasteiger partial charge in [0.05, 0.1) is 6.61 Å². The van der Waals surface area contributed by atoms with Gasteiger partial charge in [0, 0.05) is 18.1 Å². The van der Waals surface area contributed by atoms with Crippen LogP contribution in [0, 0.1) is 23.7 Å². The van der Waals surface area contributed by atoms with Crippen molar-refractivity contribution in [1.29, 1.82) is 0 Å². The zero-order valence-electron chi connectivity index (χ0n) is 25.3. The Bertz CT molecular complexity index is 1070. The van der Waals surface area contributed by atoms with Crippen LogP contribution in [0.2, 0.25) is 0 Å². The van der Waals surface area contributed by atoms with Crippen molar-refractivity contribution >= 4 is 16.7 Å². The van der Waals surface area contributed by atoms with E-state index in [0.29, 0.717) is 18.1 Å². The van der Waals surface area contributed by atoms with E-state index in [1.54, 1.807) is 12.5 Å². The Morgan fingerprint density at radius 3 is 2.20 bits per heavy atom. The van der Waals surface area contributed by atoms with Gasteiger partial charge < -0.3 is 9.84 Å². The van der Waals surface area contributed by atoms with E-state index >= 15 is 0 Å². The molecule has 4 rings (SSSR count). The summed E-state index contributed by atoms with van der Waals surface area (Å²) < 4.78 is 5.35. The molecule has 2 aliphatic rings. The first-order valence-electron chi connectivity index (χ1n) is 16.4. The van der Waals surface area contributed by atoms with Crippen LogP contribution in [0.3, 0.4) is 0 Å². The van der Waals surface area contributed by atoms with Gasteiger partial charge in [-0.15, -0.1) is 0 Å². The molecule has 0 radical (unpaired) electrons. The number of aryl methyl sites for hydroxylation is 1. The second-order valence-corrected chi connectivity index (χ2v) is 13.1. The number of aliphatic hydroxyl groups excluding tert-OH is 1. The molecule has 0 heterocycles. The average Bonchev–Trinajstić information content (AvgIpc) is 2.99. The minimum absolute atomic E-state index is 0.0623. The fourth-order valence-corrected chi connectivity index (χ4v) is 7.33. The molecule has 3 nitrogen and oxygen atoms in total. The zero-order chi connectivity index (χ0) is 28.3. The van der Waals surface area contributed by atoms with Crippen molar-refractivity contribution in [3.8, 4) is 0 Å². The highest BCUT2D eigenvalue weighted by molar-refractivity contribution is 5.87. The summed E-state index contributed by atoms with van der Waals surface area (Å²) in [6.45, 7) is 8.01. The minimum Gasteiger partial charge on any atom is -0.462 e. The van der Waals surface area contributed by atoms with Gasteiger partial charge >= 0.3 is 5.97 Å². The second kappa shape index (κ2) is 15.8. The van der Waals surface area contributed by atoms with Crippen LogP contribution in [0.4, 0.5) is 0 Å². The number of esters is 1. The Kier molecular flexibility index (Phi) is 12.1. The Hall–Kier alpha value is -2.13. The molecule has 40 heavy (non-hydrogen) atoms. The van der Waals surface area contributed by atoms with E-state index in [-0.39, 0.29) is 18.5 Å². The Balaban J connectivity index is 1.16. The Labute approximate surface area is 243 Å². The van der Waals surface area contributed by atoms with Gasteiger partial charge in [-0.2, -0.15) is 0 Å². The van der Waals surface area contributed by atoms with Crippen LogP contribution in [-0.2, 0) is 16.0 Å². The van der Waals surface area contributed by atoms with Crippen LogP contribution in [0.1, 0.15) is 121 Å². The van der Waals surface area contributed by atoms with Gasteiger partial charge in [0.1, 0.15) is 0 Å². The SMILES string of the molecule is C=C(C)C(=O)OCC(CO)C1CCC(CCC2CCC(c3ccc4cc(CCCCCC)ccc4c3)CC2)CC1. The summed E-state index contributed by atoms with van der Waals surface area (Å²) in [5.41, 5.74) is 3.46. The minimum atomic E-state index is -0.343. The third-order valence-electron chi connectivity index (χ3n) is 10.1. The molecule has 1 atom stereocenters. The maximum atomic E-state index is 11.7. The molecular weight excluding hydrogens is 492 g/mol. The lowest BCUT2D eigenvalue weighted by Gasteiger charge is -2.34. The lowest BCUT2D eigenvalue weighted by Crippen LogP contribution is -2.29. The molecule has 2 aromatic carbocycles. The first-order chi connectivity index (χ1) is 19.5. The lowest BCUT2D eigenvalue weighted by atomic mass is 9.72. The van der Waals surface area contributed by atoms with E-state index in [1.807, 2.05) is 0 Å². The van der Waals surface area contributed by atoms with Crippen LogP contribution >= 0.6 is 0 Å². The van der Waals surface area contributed by atoms with Crippen molar-refractivity contribution in [2.45, 2.75) is 116 Å². The van der Waals surface area contributed by atoms with Crippen LogP contribution in [-0.4, -0.2) is 24.3 Å². The first-order valence-corrected chi connectivity index (χ1v) is 16.4. The van der Waals surface area contributed by atoms with Crippen molar-refractivity contribution in [3.05, 3.63) is 59.7 Å². The number of benzene rings is 2. The highest BCUT2D eigenvalue weighted by Crippen LogP contribution is 2.41. The normalized spacial score (nSPS) is 24.1. The summed E-state index contributed by atoms with van der Waals surface area (Å²) in [6.07, 6.45) is 19.4. The number of hydrogen-bond donors (Lipinski definition) is 1. The van der Waals surface area contributed by atoms with Gasteiger partial charge in [-0.25, -0.2) is 4.79 Å².